The Kier molecular flexibility index (Phi) is 3.42. The molecule has 0 saturated heterocycles. The highest BCUT2D eigenvalue weighted by Gasteiger charge is 2.36. The zero-order valence-electron chi connectivity index (χ0n) is 12.7. The van der Waals surface area contributed by atoms with Crippen molar-refractivity contribution in [3.8, 4) is 0 Å². The van der Waals surface area contributed by atoms with Crippen LogP contribution in [0.2, 0.25) is 0 Å². The second-order valence-electron chi connectivity index (χ2n) is 7.02. The van der Waals surface area contributed by atoms with Crippen LogP contribution in [0.1, 0.15) is 64.2 Å². The summed E-state index contributed by atoms with van der Waals surface area (Å²) in [5.41, 5.74) is 4.51. The van der Waals surface area contributed by atoms with E-state index in [4.69, 9.17) is 0 Å². The van der Waals surface area contributed by atoms with Crippen LogP contribution >= 0.6 is 0 Å². The van der Waals surface area contributed by atoms with Crippen LogP contribution < -0.4 is 0 Å². The molecular weight excluding hydrogens is 232 g/mol. The third kappa shape index (κ3) is 2.80. The molecule has 0 radical (unpaired) electrons. The first kappa shape index (κ1) is 14.0. The molecule has 0 atom stereocenters. The van der Waals surface area contributed by atoms with Crippen LogP contribution in [0, 0.1) is 0 Å². The van der Waals surface area contributed by atoms with Crippen LogP contribution in [-0.2, 0) is 15.6 Å². The Balaban J connectivity index is 2.50. The third-order valence-corrected chi connectivity index (χ3v) is 4.39. The van der Waals surface area contributed by atoms with Crippen molar-refractivity contribution in [1.29, 1.82) is 0 Å². The molecule has 0 saturated carbocycles. The molecule has 1 aromatic rings. The molecule has 0 aliphatic heterocycles. The van der Waals surface area contributed by atoms with Gasteiger partial charge in [-0.2, -0.15) is 0 Å². The molecule has 1 heteroatoms. The van der Waals surface area contributed by atoms with Crippen LogP contribution in [-0.4, -0.2) is 5.78 Å². The normalized spacial score (nSPS) is 20.3. The fourth-order valence-electron chi connectivity index (χ4n) is 2.92. The monoisotopic (exact) mass is 256 g/mol. The molecule has 19 heavy (non-hydrogen) atoms. The van der Waals surface area contributed by atoms with Crippen molar-refractivity contribution in [2.75, 3.05) is 0 Å². The fraction of sp³-hybridized carbons (Fsp3) is 0.500. The van der Waals surface area contributed by atoms with Crippen LogP contribution in [0.4, 0.5) is 0 Å². The summed E-state index contributed by atoms with van der Waals surface area (Å²) in [5, 5.41) is 0. The summed E-state index contributed by atoms with van der Waals surface area (Å²) in [6.45, 7) is 10.9. The van der Waals surface area contributed by atoms with Gasteiger partial charge in [0.2, 0.25) is 0 Å². The van der Waals surface area contributed by atoms with Gasteiger partial charge in [0, 0.05) is 0 Å². The Bertz CT molecular complexity index is 533. The summed E-state index contributed by atoms with van der Waals surface area (Å²) in [4.78, 5) is 11.0. The molecule has 1 aromatic carbocycles. The van der Waals surface area contributed by atoms with E-state index in [0.29, 0.717) is 0 Å². The third-order valence-electron chi connectivity index (χ3n) is 4.39. The van der Waals surface area contributed by atoms with Gasteiger partial charge in [0.05, 0.1) is 0 Å². The second kappa shape index (κ2) is 4.63. The van der Waals surface area contributed by atoms with Crippen LogP contribution in [0.3, 0.4) is 0 Å². The molecule has 102 valence electrons. The van der Waals surface area contributed by atoms with Crippen molar-refractivity contribution in [3.05, 3.63) is 41.0 Å². The molecule has 1 aliphatic carbocycles. The first-order chi connectivity index (χ1) is 8.72. The lowest BCUT2D eigenvalue weighted by Gasteiger charge is -2.42. The number of carbonyl (C=O) groups excluding carboxylic acids is 1. The smallest absolute Gasteiger partial charge is 0.152 e. The van der Waals surface area contributed by atoms with Crippen molar-refractivity contribution in [2.45, 2.75) is 58.3 Å². The number of allylic oxidation sites excluding steroid dienone is 1. The van der Waals surface area contributed by atoms with E-state index in [1.165, 1.54) is 24.0 Å². The van der Waals surface area contributed by atoms with Gasteiger partial charge >= 0.3 is 0 Å². The quantitative estimate of drug-likeness (QED) is 0.705. The number of hydrogen-bond acceptors (Lipinski definition) is 1. The SMILES string of the molecule is CC(=O)/C=C/c1ccc2c(c1)C(C)(C)CCC2(C)C. The van der Waals surface area contributed by atoms with Gasteiger partial charge in [-0.1, -0.05) is 52.0 Å². The molecule has 0 N–H and O–H groups in total. The van der Waals surface area contributed by atoms with E-state index in [2.05, 4.69) is 45.9 Å². The standard InChI is InChI=1S/C18H24O/c1-13(19)6-7-14-8-9-15-16(12-14)18(4,5)11-10-17(15,2)3/h6-9,12H,10-11H2,1-5H3/b7-6+. The number of benzene rings is 1. The van der Waals surface area contributed by atoms with E-state index in [9.17, 15) is 4.79 Å². The van der Waals surface area contributed by atoms with Gasteiger partial charge < -0.3 is 0 Å². The number of ketones is 1. The van der Waals surface area contributed by atoms with E-state index < -0.39 is 0 Å². The first-order valence-corrected chi connectivity index (χ1v) is 7.06. The van der Waals surface area contributed by atoms with Gasteiger partial charge in [0.1, 0.15) is 0 Å². The van der Waals surface area contributed by atoms with Crippen LogP contribution in [0.15, 0.2) is 24.3 Å². The van der Waals surface area contributed by atoms with Crippen molar-refractivity contribution >= 4 is 11.9 Å². The van der Waals surface area contributed by atoms with Crippen molar-refractivity contribution < 1.29 is 4.79 Å². The maximum absolute atomic E-state index is 11.0. The summed E-state index contributed by atoms with van der Waals surface area (Å²) >= 11 is 0. The van der Waals surface area contributed by atoms with Gasteiger partial charge in [0.15, 0.2) is 5.78 Å². The minimum absolute atomic E-state index is 0.0947. The highest BCUT2D eigenvalue weighted by molar-refractivity contribution is 5.91. The van der Waals surface area contributed by atoms with Crippen molar-refractivity contribution in [2.24, 2.45) is 0 Å². The van der Waals surface area contributed by atoms with Gasteiger partial charge in [-0.25, -0.2) is 0 Å². The summed E-state index contributed by atoms with van der Waals surface area (Å²) in [6, 6.07) is 6.63. The maximum atomic E-state index is 11.0. The average Bonchev–Trinajstić information content (AvgIpc) is 2.32. The van der Waals surface area contributed by atoms with E-state index in [1.807, 2.05) is 6.08 Å². The highest BCUT2D eigenvalue weighted by atomic mass is 16.1. The molecule has 0 aromatic heterocycles. The topological polar surface area (TPSA) is 17.1 Å². The lowest BCUT2D eigenvalue weighted by molar-refractivity contribution is -0.112. The highest BCUT2D eigenvalue weighted by Crippen LogP contribution is 2.45. The van der Waals surface area contributed by atoms with E-state index in [1.54, 1.807) is 13.0 Å². The van der Waals surface area contributed by atoms with Gasteiger partial charge in [-0.3, -0.25) is 4.79 Å². The fourth-order valence-corrected chi connectivity index (χ4v) is 2.92. The molecule has 1 aliphatic rings. The lowest BCUT2D eigenvalue weighted by Crippen LogP contribution is -2.33. The minimum atomic E-state index is 0.0947. The predicted molar refractivity (Wildman–Crippen MR) is 81.4 cm³/mol. The molecule has 0 unspecified atom stereocenters. The van der Waals surface area contributed by atoms with Crippen LogP contribution in [0.25, 0.3) is 6.08 Å². The number of hydrogen-bond donors (Lipinski definition) is 0. The zero-order valence-corrected chi connectivity index (χ0v) is 12.7. The maximum Gasteiger partial charge on any atom is 0.152 e. The lowest BCUT2D eigenvalue weighted by atomic mass is 9.63. The Morgan fingerprint density at radius 1 is 1.05 bits per heavy atom. The molecule has 0 amide bonds. The number of rotatable bonds is 2. The number of carbonyl (C=O) groups is 1. The molecule has 2 rings (SSSR count). The minimum Gasteiger partial charge on any atom is -0.295 e. The summed E-state index contributed by atoms with van der Waals surface area (Å²) in [6.07, 6.45) is 6.01. The van der Waals surface area contributed by atoms with E-state index in [-0.39, 0.29) is 16.6 Å². The molecule has 0 fully saturated rings. The molecule has 0 heterocycles. The molecule has 0 spiro atoms. The Morgan fingerprint density at radius 3 is 2.21 bits per heavy atom. The molecule has 0 bridgehead atoms. The summed E-state index contributed by atoms with van der Waals surface area (Å²) in [7, 11) is 0. The first-order valence-electron chi connectivity index (χ1n) is 7.06. The predicted octanol–water partition coefficient (Wildman–Crippen LogP) is 4.64. The van der Waals surface area contributed by atoms with Crippen LogP contribution in [0.5, 0.6) is 0 Å². The molecular formula is C18H24O. The van der Waals surface area contributed by atoms with E-state index >= 15 is 0 Å². The van der Waals surface area contributed by atoms with Gasteiger partial charge in [-0.15, -0.1) is 0 Å². The number of fused-ring (bicyclic) bond motifs is 1. The average molecular weight is 256 g/mol. The van der Waals surface area contributed by atoms with Gasteiger partial charge in [-0.05, 0) is 53.4 Å². The second-order valence-corrected chi connectivity index (χ2v) is 7.02. The largest absolute Gasteiger partial charge is 0.295 e. The summed E-state index contributed by atoms with van der Waals surface area (Å²) < 4.78 is 0. The van der Waals surface area contributed by atoms with Gasteiger partial charge in [0.25, 0.3) is 0 Å². The van der Waals surface area contributed by atoms with Crippen molar-refractivity contribution in [3.63, 3.8) is 0 Å². The Morgan fingerprint density at radius 2 is 1.63 bits per heavy atom. The Hall–Kier alpha value is -1.37. The van der Waals surface area contributed by atoms with E-state index in [0.717, 1.165) is 5.56 Å². The zero-order chi connectivity index (χ0) is 14.3. The molecule has 1 nitrogen and oxygen atoms in total. The van der Waals surface area contributed by atoms with Crippen molar-refractivity contribution in [1.82, 2.24) is 0 Å². The Labute approximate surface area is 116 Å². The summed E-state index contributed by atoms with van der Waals surface area (Å²) in [5.74, 6) is 0.0947.